The normalized spacial score (nSPS) is 40.7. The minimum atomic E-state index is -0.422. The van der Waals surface area contributed by atoms with Crippen LogP contribution in [0.25, 0.3) is 0 Å². The van der Waals surface area contributed by atoms with E-state index in [0.717, 1.165) is 25.9 Å². The lowest BCUT2D eigenvalue weighted by molar-refractivity contribution is -0.00704. The first-order valence-electron chi connectivity index (χ1n) is 6.91. The first-order chi connectivity index (χ1) is 8.63. The molecule has 0 bridgehead atoms. The molecule has 5 heteroatoms. The Hall–Kier alpha value is 0.460. The predicted octanol–water partition coefficient (Wildman–Crippen LogP) is 1.58. The first kappa shape index (κ1) is 14.9. The van der Waals surface area contributed by atoms with Gasteiger partial charge in [0.2, 0.25) is 0 Å². The van der Waals surface area contributed by atoms with Crippen molar-refractivity contribution < 1.29 is 10.2 Å². The van der Waals surface area contributed by atoms with Crippen LogP contribution in [0.4, 0.5) is 0 Å². The zero-order valence-electron chi connectivity index (χ0n) is 10.6. The van der Waals surface area contributed by atoms with Gasteiger partial charge in [0.05, 0.1) is 16.9 Å². The summed E-state index contributed by atoms with van der Waals surface area (Å²) >= 11 is 12.3. The van der Waals surface area contributed by atoms with Gasteiger partial charge in [-0.25, -0.2) is 0 Å². The largest absolute Gasteiger partial charge is 0.396 e. The Morgan fingerprint density at radius 1 is 1.11 bits per heavy atom. The molecule has 3 N–H and O–H groups in total. The molecule has 1 aliphatic heterocycles. The first-order valence-corrected chi connectivity index (χ1v) is 7.78. The monoisotopic (exact) mass is 295 g/mol. The van der Waals surface area contributed by atoms with Crippen molar-refractivity contribution in [2.45, 2.75) is 42.5 Å². The summed E-state index contributed by atoms with van der Waals surface area (Å²) in [6.45, 7) is 2.15. The molecule has 0 amide bonds. The van der Waals surface area contributed by atoms with E-state index in [2.05, 4.69) is 5.32 Å². The number of nitrogens with one attached hydrogen (secondary N) is 1. The number of rotatable bonds is 3. The molecule has 106 valence electrons. The van der Waals surface area contributed by atoms with Gasteiger partial charge in [0.15, 0.2) is 0 Å². The molecule has 1 saturated carbocycles. The second-order valence-electron chi connectivity index (χ2n) is 5.67. The van der Waals surface area contributed by atoms with Gasteiger partial charge in [-0.1, -0.05) is 0 Å². The molecule has 0 aromatic heterocycles. The Morgan fingerprint density at radius 3 is 2.33 bits per heavy atom. The lowest BCUT2D eigenvalue weighted by Crippen LogP contribution is -2.45. The predicted molar refractivity (Wildman–Crippen MR) is 74.2 cm³/mol. The quantitative estimate of drug-likeness (QED) is 0.693. The third kappa shape index (κ3) is 3.31. The van der Waals surface area contributed by atoms with Crippen LogP contribution >= 0.6 is 23.2 Å². The molecule has 5 atom stereocenters. The van der Waals surface area contributed by atoms with E-state index in [1.165, 1.54) is 0 Å². The molecule has 0 radical (unpaired) electrons. The zero-order valence-corrected chi connectivity index (χ0v) is 12.1. The van der Waals surface area contributed by atoms with Crippen molar-refractivity contribution in [1.82, 2.24) is 5.32 Å². The molecule has 1 saturated heterocycles. The van der Waals surface area contributed by atoms with E-state index in [0.29, 0.717) is 18.8 Å². The zero-order chi connectivity index (χ0) is 13.1. The molecule has 2 aliphatic rings. The number of alkyl halides is 2. The fourth-order valence-electron chi connectivity index (χ4n) is 3.48. The third-order valence-corrected chi connectivity index (χ3v) is 5.69. The van der Waals surface area contributed by atoms with E-state index in [1.54, 1.807) is 0 Å². The van der Waals surface area contributed by atoms with Crippen LogP contribution in [0.3, 0.4) is 0 Å². The number of piperidine rings is 1. The summed E-state index contributed by atoms with van der Waals surface area (Å²) in [5.74, 6) is 0.745. The summed E-state index contributed by atoms with van der Waals surface area (Å²) in [5.41, 5.74) is 0. The molecule has 0 aromatic carbocycles. The van der Waals surface area contributed by atoms with Crippen LogP contribution in [0.15, 0.2) is 0 Å². The smallest absolute Gasteiger partial charge is 0.0587 e. The van der Waals surface area contributed by atoms with E-state index in [-0.39, 0.29) is 29.2 Å². The van der Waals surface area contributed by atoms with E-state index in [4.69, 9.17) is 23.2 Å². The van der Waals surface area contributed by atoms with Crippen LogP contribution in [-0.4, -0.2) is 46.8 Å². The Bertz CT molecular complexity index is 261. The Labute approximate surface area is 119 Å². The van der Waals surface area contributed by atoms with Gasteiger partial charge in [-0.3, -0.25) is 0 Å². The standard InChI is InChI=1S/C13H23Cl2NO2/c14-11-5-9(13(18)6-12(11)15)10(7-17)8-1-3-16-4-2-8/h8-13,16-18H,1-7H2. The highest BCUT2D eigenvalue weighted by atomic mass is 35.5. The highest BCUT2D eigenvalue weighted by molar-refractivity contribution is 6.30. The molecule has 0 spiro atoms. The minimum Gasteiger partial charge on any atom is -0.396 e. The van der Waals surface area contributed by atoms with Crippen LogP contribution in [0, 0.1) is 17.8 Å². The third-order valence-electron chi connectivity index (χ3n) is 4.60. The molecule has 5 unspecified atom stereocenters. The van der Waals surface area contributed by atoms with Gasteiger partial charge in [0.1, 0.15) is 0 Å². The van der Waals surface area contributed by atoms with Gasteiger partial charge in [0.25, 0.3) is 0 Å². The van der Waals surface area contributed by atoms with E-state index in [1.807, 2.05) is 0 Å². The molecule has 3 nitrogen and oxygen atoms in total. The van der Waals surface area contributed by atoms with Gasteiger partial charge in [-0.15, -0.1) is 23.2 Å². The molecule has 0 aromatic rings. The topological polar surface area (TPSA) is 52.5 Å². The van der Waals surface area contributed by atoms with Crippen molar-refractivity contribution in [2.75, 3.05) is 19.7 Å². The van der Waals surface area contributed by atoms with Crippen LogP contribution in [-0.2, 0) is 0 Å². The lowest BCUT2D eigenvalue weighted by atomic mass is 9.70. The average Bonchev–Trinajstić information content (AvgIpc) is 2.38. The molecule has 2 fully saturated rings. The summed E-state index contributed by atoms with van der Waals surface area (Å²) in [5, 5.41) is 23.0. The molecular weight excluding hydrogens is 273 g/mol. The summed E-state index contributed by atoms with van der Waals surface area (Å²) in [6, 6.07) is 0. The molecule has 18 heavy (non-hydrogen) atoms. The van der Waals surface area contributed by atoms with Crippen molar-refractivity contribution >= 4 is 23.2 Å². The van der Waals surface area contributed by atoms with Gasteiger partial charge >= 0.3 is 0 Å². The Morgan fingerprint density at radius 2 is 1.72 bits per heavy atom. The van der Waals surface area contributed by atoms with Gasteiger partial charge < -0.3 is 15.5 Å². The van der Waals surface area contributed by atoms with Crippen LogP contribution < -0.4 is 5.32 Å². The van der Waals surface area contributed by atoms with Crippen molar-refractivity contribution in [3.05, 3.63) is 0 Å². The Kier molecular flexibility index (Phi) is 5.58. The van der Waals surface area contributed by atoms with E-state index >= 15 is 0 Å². The molecule has 2 rings (SSSR count). The minimum absolute atomic E-state index is 0.0872. The maximum Gasteiger partial charge on any atom is 0.0587 e. The number of aliphatic hydroxyl groups excluding tert-OH is 2. The second kappa shape index (κ2) is 6.76. The number of halogens is 2. The molecule has 1 heterocycles. The Balaban J connectivity index is 2.01. The van der Waals surface area contributed by atoms with Crippen molar-refractivity contribution in [1.29, 1.82) is 0 Å². The van der Waals surface area contributed by atoms with Crippen LogP contribution in [0.2, 0.25) is 0 Å². The number of hydrogen-bond acceptors (Lipinski definition) is 3. The maximum absolute atomic E-state index is 10.2. The molecule has 1 aliphatic carbocycles. The van der Waals surface area contributed by atoms with Crippen molar-refractivity contribution in [3.8, 4) is 0 Å². The summed E-state index contributed by atoms with van der Waals surface area (Å²) in [4.78, 5) is 0. The number of hydrogen-bond donors (Lipinski definition) is 3. The van der Waals surface area contributed by atoms with Crippen LogP contribution in [0.5, 0.6) is 0 Å². The van der Waals surface area contributed by atoms with Crippen LogP contribution in [0.1, 0.15) is 25.7 Å². The summed E-state index contributed by atoms with van der Waals surface area (Å²) < 4.78 is 0. The highest BCUT2D eigenvalue weighted by Gasteiger charge is 2.41. The second-order valence-corrected chi connectivity index (χ2v) is 6.79. The average molecular weight is 296 g/mol. The SMILES string of the molecule is OCC(C1CCNCC1)C1CC(Cl)C(Cl)CC1O. The highest BCUT2D eigenvalue weighted by Crippen LogP contribution is 2.40. The van der Waals surface area contributed by atoms with Gasteiger partial charge in [-0.2, -0.15) is 0 Å². The fourth-order valence-corrected chi connectivity index (χ4v) is 4.08. The summed E-state index contributed by atoms with van der Waals surface area (Å²) in [6.07, 6.45) is 2.99. The number of aliphatic hydroxyl groups is 2. The summed E-state index contributed by atoms with van der Waals surface area (Å²) in [7, 11) is 0. The van der Waals surface area contributed by atoms with E-state index in [9.17, 15) is 10.2 Å². The fraction of sp³-hybridized carbons (Fsp3) is 1.00. The van der Waals surface area contributed by atoms with Gasteiger partial charge in [-0.05, 0) is 56.5 Å². The van der Waals surface area contributed by atoms with Crippen molar-refractivity contribution in [2.24, 2.45) is 17.8 Å². The van der Waals surface area contributed by atoms with Crippen molar-refractivity contribution in [3.63, 3.8) is 0 Å². The lowest BCUT2D eigenvalue weighted by Gasteiger charge is -2.42. The van der Waals surface area contributed by atoms with Gasteiger partial charge in [0, 0.05) is 6.61 Å². The van der Waals surface area contributed by atoms with E-state index < -0.39 is 6.10 Å². The maximum atomic E-state index is 10.2. The molecular formula is C13H23Cl2NO2.